The number of nitrogens with one attached hydrogen (secondary N) is 1. The smallest absolute Gasteiger partial charge is 0.274 e. The first-order valence-electron chi connectivity index (χ1n) is 6.85. The molecular formula is C15H20N4OS. The second kappa shape index (κ2) is 6.67. The first-order valence-corrected chi connectivity index (χ1v) is 7.73. The highest BCUT2D eigenvalue weighted by Gasteiger charge is 2.19. The van der Waals surface area contributed by atoms with Crippen molar-refractivity contribution in [2.75, 3.05) is 19.4 Å². The molecule has 0 saturated carbocycles. The van der Waals surface area contributed by atoms with Gasteiger partial charge in [-0.25, -0.2) is 9.97 Å². The topological polar surface area (TPSA) is 58.1 Å². The summed E-state index contributed by atoms with van der Waals surface area (Å²) in [6.45, 7) is 4.61. The Hall–Kier alpha value is -1.95. The zero-order valence-corrected chi connectivity index (χ0v) is 13.6. The van der Waals surface area contributed by atoms with Crippen LogP contribution < -0.4 is 5.32 Å². The van der Waals surface area contributed by atoms with Crippen LogP contribution in [0.2, 0.25) is 0 Å². The van der Waals surface area contributed by atoms with Gasteiger partial charge in [-0.05, 0) is 11.4 Å². The molecule has 0 fully saturated rings. The highest BCUT2D eigenvalue weighted by molar-refractivity contribution is 7.09. The van der Waals surface area contributed by atoms with E-state index in [1.54, 1.807) is 36.5 Å². The zero-order valence-electron chi connectivity index (χ0n) is 12.8. The van der Waals surface area contributed by atoms with Gasteiger partial charge in [0.2, 0.25) is 0 Å². The third-order valence-corrected chi connectivity index (χ3v) is 3.98. The van der Waals surface area contributed by atoms with Gasteiger partial charge in [0.1, 0.15) is 5.82 Å². The quantitative estimate of drug-likeness (QED) is 0.922. The molecule has 1 amide bonds. The zero-order chi connectivity index (χ0) is 15.4. The lowest BCUT2D eigenvalue weighted by molar-refractivity contribution is 0.0781. The summed E-state index contributed by atoms with van der Waals surface area (Å²) < 4.78 is 0. The van der Waals surface area contributed by atoms with Gasteiger partial charge < -0.3 is 10.2 Å². The third-order valence-electron chi connectivity index (χ3n) is 3.12. The number of rotatable bonds is 5. The minimum absolute atomic E-state index is 0.1000. The van der Waals surface area contributed by atoms with E-state index >= 15 is 0 Å². The molecule has 0 radical (unpaired) electrons. The first-order chi connectivity index (χ1) is 10.0. The summed E-state index contributed by atoms with van der Waals surface area (Å²) >= 11 is 1.64. The van der Waals surface area contributed by atoms with Crippen molar-refractivity contribution in [3.05, 3.63) is 40.1 Å². The summed E-state index contributed by atoms with van der Waals surface area (Å²) in [6.07, 6.45) is 1.68. The molecule has 0 aromatic carbocycles. The molecule has 5 nitrogen and oxygen atoms in total. The first kappa shape index (κ1) is 15.4. The van der Waals surface area contributed by atoms with E-state index in [4.69, 9.17) is 0 Å². The minimum Gasteiger partial charge on any atom is -0.385 e. The van der Waals surface area contributed by atoms with Crippen molar-refractivity contribution in [2.24, 2.45) is 0 Å². The highest BCUT2D eigenvalue weighted by atomic mass is 32.1. The fraction of sp³-hybridized carbons (Fsp3) is 0.400. The van der Waals surface area contributed by atoms with Crippen molar-refractivity contribution in [1.82, 2.24) is 14.9 Å². The number of hydrogen-bond donors (Lipinski definition) is 1. The van der Waals surface area contributed by atoms with Gasteiger partial charge in [0, 0.05) is 24.9 Å². The van der Waals surface area contributed by atoms with Crippen LogP contribution in [0.25, 0.3) is 0 Å². The summed E-state index contributed by atoms with van der Waals surface area (Å²) in [6, 6.07) is 4.01. The fourth-order valence-electron chi connectivity index (χ4n) is 1.91. The maximum atomic E-state index is 12.6. The number of anilines is 1. The Morgan fingerprint density at radius 3 is 2.81 bits per heavy atom. The van der Waals surface area contributed by atoms with Gasteiger partial charge >= 0.3 is 0 Å². The van der Waals surface area contributed by atoms with Crippen LogP contribution >= 0.6 is 11.3 Å². The minimum atomic E-state index is -0.1000. The number of aromatic nitrogens is 2. The molecule has 0 aliphatic rings. The number of carbonyl (C=O) groups is 1. The van der Waals surface area contributed by atoms with Crippen molar-refractivity contribution in [2.45, 2.75) is 26.3 Å². The summed E-state index contributed by atoms with van der Waals surface area (Å²) in [7, 11) is 3.56. The van der Waals surface area contributed by atoms with E-state index in [-0.39, 0.29) is 11.8 Å². The van der Waals surface area contributed by atoms with Crippen molar-refractivity contribution < 1.29 is 4.79 Å². The molecule has 0 aliphatic carbocycles. The molecule has 0 aliphatic heterocycles. The molecular weight excluding hydrogens is 284 g/mol. The van der Waals surface area contributed by atoms with Crippen LogP contribution in [0.1, 0.15) is 41.0 Å². The molecule has 2 heterocycles. The number of thiophene rings is 1. The van der Waals surface area contributed by atoms with Crippen molar-refractivity contribution in [3.8, 4) is 0 Å². The number of hydrogen-bond acceptors (Lipinski definition) is 5. The molecule has 2 aromatic rings. The van der Waals surface area contributed by atoms with Gasteiger partial charge in [-0.15, -0.1) is 11.3 Å². The Morgan fingerprint density at radius 1 is 1.48 bits per heavy atom. The SMILES string of the molecule is CNc1cnc(C(C)C)nc1C(=O)N(C)Cc1cccs1. The number of nitrogens with zero attached hydrogens (tertiary/aromatic N) is 3. The van der Waals surface area contributed by atoms with Crippen LogP contribution in [-0.2, 0) is 6.54 Å². The average molecular weight is 304 g/mol. The second-order valence-corrected chi connectivity index (χ2v) is 6.17. The van der Waals surface area contributed by atoms with Crippen LogP contribution in [0, 0.1) is 0 Å². The van der Waals surface area contributed by atoms with Gasteiger partial charge in [0.15, 0.2) is 5.69 Å². The van der Waals surface area contributed by atoms with Gasteiger partial charge in [0.25, 0.3) is 5.91 Å². The van der Waals surface area contributed by atoms with Gasteiger partial charge in [-0.1, -0.05) is 19.9 Å². The molecule has 0 saturated heterocycles. The van der Waals surface area contributed by atoms with Crippen LogP contribution in [-0.4, -0.2) is 34.9 Å². The van der Waals surface area contributed by atoms with E-state index in [0.717, 1.165) is 4.88 Å². The molecule has 0 spiro atoms. The van der Waals surface area contributed by atoms with Crippen LogP contribution in [0.4, 0.5) is 5.69 Å². The van der Waals surface area contributed by atoms with Crippen molar-refractivity contribution >= 4 is 22.9 Å². The molecule has 0 unspecified atom stereocenters. The highest BCUT2D eigenvalue weighted by Crippen LogP contribution is 2.19. The van der Waals surface area contributed by atoms with Crippen molar-refractivity contribution in [1.29, 1.82) is 0 Å². The van der Waals surface area contributed by atoms with E-state index < -0.39 is 0 Å². The van der Waals surface area contributed by atoms with E-state index in [2.05, 4.69) is 15.3 Å². The third kappa shape index (κ3) is 3.58. The maximum absolute atomic E-state index is 12.6. The Morgan fingerprint density at radius 2 is 2.24 bits per heavy atom. The fourth-order valence-corrected chi connectivity index (χ4v) is 2.67. The van der Waals surface area contributed by atoms with Gasteiger partial charge in [-0.3, -0.25) is 4.79 Å². The predicted octanol–water partition coefficient (Wildman–Crippen LogP) is 2.98. The summed E-state index contributed by atoms with van der Waals surface area (Å²) in [5, 5.41) is 4.99. The normalized spacial score (nSPS) is 10.7. The van der Waals surface area contributed by atoms with E-state index in [1.807, 2.05) is 31.4 Å². The Kier molecular flexibility index (Phi) is 4.90. The van der Waals surface area contributed by atoms with E-state index in [1.165, 1.54) is 0 Å². The number of carbonyl (C=O) groups excluding carboxylic acids is 1. The largest absolute Gasteiger partial charge is 0.385 e. The lowest BCUT2D eigenvalue weighted by Gasteiger charge is -2.18. The molecule has 6 heteroatoms. The molecule has 112 valence electrons. The lowest BCUT2D eigenvalue weighted by atomic mass is 10.2. The molecule has 2 aromatic heterocycles. The van der Waals surface area contributed by atoms with E-state index in [0.29, 0.717) is 23.8 Å². The van der Waals surface area contributed by atoms with Gasteiger partial charge in [0.05, 0.1) is 18.4 Å². The Labute approximate surface area is 129 Å². The summed E-state index contributed by atoms with van der Waals surface area (Å²) in [5.74, 6) is 0.768. The lowest BCUT2D eigenvalue weighted by Crippen LogP contribution is -2.28. The second-order valence-electron chi connectivity index (χ2n) is 5.14. The molecule has 0 bridgehead atoms. The molecule has 0 atom stereocenters. The van der Waals surface area contributed by atoms with E-state index in [9.17, 15) is 4.79 Å². The van der Waals surface area contributed by atoms with Gasteiger partial charge in [-0.2, -0.15) is 0 Å². The Balaban J connectivity index is 2.26. The summed E-state index contributed by atoms with van der Waals surface area (Å²) in [5.41, 5.74) is 1.08. The monoisotopic (exact) mass is 304 g/mol. The molecule has 2 rings (SSSR count). The number of amides is 1. The van der Waals surface area contributed by atoms with Crippen molar-refractivity contribution in [3.63, 3.8) is 0 Å². The maximum Gasteiger partial charge on any atom is 0.274 e. The molecule has 1 N–H and O–H groups in total. The van der Waals surface area contributed by atoms with Crippen LogP contribution in [0.5, 0.6) is 0 Å². The Bertz CT molecular complexity index is 610. The average Bonchev–Trinajstić information content (AvgIpc) is 2.98. The summed E-state index contributed by atoms with van der Waals surface area (Å²) in [4.78, 5) is 24.2. The van der Waals surface area contributed by atoms with Crippen LogP contribution in [0.15, 0.2) is 23.7 Å². The molecule has 21 heavy (non-hydrogen) atoms. The standard InChI is InChI=1S/C15H20N4OS/c1-10(2)14-17-8-12(16-3)13(18-14)15(20)19(4)9-11-6-5-7-21-11/h5-8,10,16H,9H2,1-4H3. The van der Waals surface area contributed by atoms with Crippen LogP contribution in [0.3, 0.4) is 0 Å². The predicted molar refractivity (Wildman–Crippen MR) is 85.8 cm³/mol.